The molecule has 0 amide bonds. The number of phenols is 1. The van der Waals surface area contributed by atoms with E-state index in [9.17, 15) is 19.0 Å². The first-order valence-corrected chi connectivity index (χ1v) is 9.75. The minimum atomic E-state index is -0.883. The Bertz CT molecular complexity index is 800. The molecule has 0 bridgehead atoms. The first kappa shape index (κ1) is 19.2. The molecule has 1 unspecified atom stereocenters. The van der Waals surface area contributed by atoms with Crippen LogP contribution < -0.4 is 4.74 Å². The van der Waals surface area contributed by atoms with Crippen LogP contribution in [-0.2, 0) is 0 Å². The summed E-state index contributed by atoms with van der Waals surface area (Å²) in [5.41, 5.74) is 1.02. The smallest absolute Gasteiger partial charge is 0.162 e. The van der Waals surface area contributed by atoms with Crippen LogP contribution in [0.5, 0.6) is 11.5 Å². The summed E-state index contributed by atoms with van der Waals surface area (Å²) in [4.78, 5) is 2.39. The maximum Gasteiger partial charge on any atom is 0.162 e. The standard InChI is InChI=1S/C22H25F2NO3/c23-21-6-5-19(9-22(21)24)28-20-7-15-10-25(11-16(15)8-20)12-17(13-26)14-1-3-18(27)4-2-14/h1-6,9,15-17,20,26-27H,7-8,10-13H2/t15-,16+,17?,20-. The molecule has 1 saturated heterocycles. The van der Waals surface area contributed by atoms with Gasteiger partial charge in [-0.3, -0.25) is 0 Å². The Balaban J connectivity index is 1.31. The Morgan fingerprint density at radius 2 is 1.68 bits per heavy atom. The van der Waals surface area contributed by atoms with Crippen LogP contribution in [0, 0.1) is 23.5 Å². The second kappa shape index (κ2) is 8.05. The Kier molecular flexibility index (Phi) is 5.51. The van der Waals surface area contributed by atoms with Crippen LogP contribution in [0.25, 0.3) is 0 Å². The number of hydrogen-bond donors (Lipinski definition) is 2. The summed E-state index contributed by atoms with van der Waals surface area (Å²) in [6.07, 6.45) is 1.85. The molecule has 1 saturated carbocycles. The van der Waals surface area contributed by atoms with Crippen LogP contribution in [0.4, 0.5) is 8.78 Å². The Hall–Kier alpha value is -2.18. The second-order valence-electron chi connectivity index (χ2n) is 8.00. The molecule has 28 heavy (non-hydrogen) atoms. The van der Waals surface area contributed by atoms with Crippen molar-refractivity contribution in [2.24, 2.45) is 11.8 Å². The van der Waals surface area contributed by atoms with Gasteiger partial charge >= 0.3 is 0 Å². The first-order chi connectivity index (χ1) is 13.5. The molecule has 150 valence electrons. The molecular formula is C22H25F2NO3. The van der Waals surface area contributed by atoms with Gasteiger partial charge in [-0.15, -0.1) is 0 Å². The Labute approximate surface area is 163 Å². The van der Waals surface area contributed by atoms with Crippen LogP contribution >= 0.6 is 0 Å². The van der Waals surface area contributed by atoms with E-state index in [0.717, 1.165) is 50.2 Å². The van der Waals surface area contributed by atoms with Crippen molar-refractivity contribution in [3.63, 3.8) is 0 Å². The van der Waals surface area contributed by atoms with Crippen molar-refractivity contribution in [3.05, 3.63) is 59.7 Å². The topological polar surface area (TPSA) is 52.9 Å². The summed E-state index contributed by atoms with van der Waals surface area (Å²) in [5.74, 6) is -0.0707. The average molecular weight is 389 g/mol. The number of halogens is 2. The van der Waals surface area contributed by atoms with Crippen LogP contribution in [-0.4, -0.2) is 47.5 Å². The van der Waals surface area contributed by atoms with Gasteiger partial charge < -0.3 is 19.8 Å². The summed E-state index contributed by atoms with van der Waals surface area (Å²) < 4.78 is 32.3. The highest BCUT2D eigenvalue weighted by molar-refractivity contribution is 5.29. The fraction of sp³-hybridized carbons (Fsp3) is 0.455. The van der Waals surface area contributed by atoms with Crippen LogP contribution in [0.1, 0.15) is 24.3 Å². The normalized spacial score (nSPS) is 25.6. The van der Waals surface area contributed by atoms with Crippen molar-refractivity contribution in [3.8, 4) is 11.5 Å². The molecule has 4 nitrogen and oxygen atoms in total. The number of nitrogens with zero attached hydrogens (tertiary/aromatic N) is 1. The van der Waals surface area contributed by atoms with Crippen molar-refractivity contribution >= 4 is 0 Å². The van der Waals surface area contributed by atoms with Gasteiger partial charge in [0.25, 0.3) is 0 Å². The van der Waals surface area contributed by atoms with E-state index in [0.29, 0.717) is 17.6 Å². The van der Waals surface area contributed by atoms with Crippen molar-refractivity contribution in [1.82, 2.24) is 4.90 Å². The lowest BCUT2D eigenvalue weighted by molar-refractivity contribution is 0.175. The average Bonchev–Trinajstić information content (AvgIpc) is 3.21. The van der Waals surface area contributed by atoms with Gasteiger partial charge in [0, 0.05) is 31.6 Å². The summed E-state index contributed by atoms with van der Waals surface area (Å²) in [5, 5.41) is 19.2. The van der Waals surface area contributed by atoms with E-state index < -0.39 is 11.6 Å². The molecule has 1 heterocycles. The monoisotopic (exact) mass is 389 g/mol. The van der Waals surface area contributed by atoms with E-state index in [1.165, 1.54) is 6.07 Å². The molecule has 2 aromatic rings. The largest absolute Gasteiger partial charge is 0.508 e. The molecule has 6 heteroatoms. The van der Waals surface area contributed by atoms with Gasteiger partial charge in [-0.25, -0.2) is 8.78 Å². The van der Waals surface area contributed by atoms with Gasteiger partial charge in [-0.05, 0) is 54.5 Å². The van der Waals surface area contributed by atoms with Gasteiger partial charge in [-0.1, -0.05) is 12.1 Å². The molecule has 2 N–H and O–H groups in total. The number of aliphatic hydroxyl groups is 1. The van der Waals surface area contributed by atoms with Crippen LogP contribution in [0.3, 0.4) is 0 Å². The van der Waals surface area contributed by atoms with Crippen molar-refractivity contribution < 1.29 is 23.7 Å². The number of ether oxygens (including phenoxy) is 1. The van der Waals surface area contributed by atoms with E-state index in [-0.39, 0.29) is 24.4 Å². The number of rotatable bonds is 6. The van der Waals surface area contributed by atoms with Crippen LogP contribution in [0.2, 0.25) is 0 Å². The van der Waals surface area contributed by atoms with Gasteiger partial charge in [0.2, 0.25) is 0 Å². The third-order valence-corrected chi connectivity index (χ3v) is 6.04. The second-order valence-corrected chi connectivity index (χ2v) is 8.00. The number of phenolic OH excluding ortho intramolecular Hbond substituents is 1. The number of likely N-dealkylation sites (tertiary alicyclic amines) is 1. The molecule has 0 aromatic heterocycles. The minimum Gasteiger partial charge on any atom is -0.508 e. The van der Waals surface area contributed by atoms with E-state index >= 15 is 0 Å². The molecule has 0 radical (unpaired) electrons. The predicted molar refractivity (Wildman–Crippen MR) is 101 cm³/mol. The van der Waals surface area contributed by atoms with E-state index in [2.05, 4.69) is 4.90 Å². The SMILES string of the molecule is OCC(CN1C[C@H]2C[C@@H](Oc3ccc(F)c(F)c3)C[C@H]2C1)c1ccc(O)cc1. The summed E-state index contributed by atoms with van der Waals surface area (Å²) in [6, 6.07) is 10.7. The van der Waals surface area contributed by atoms with E-state index in [1.54, 1.807) is 12.1 Å². The maximum atomic E-state index is 13.4. The number of aliphatic hydroxyl groups excluding tert-OH is 1. The molecule has 2 fully saturated rings. The summed E-state index contributed by atoms with van der Waals surface area (Å²) in [7, 11) is 0. The van der Waals surface area contributed by atoms with Crippen molar-refractivity contribution in [1.29, 1.82) is 0 Å². The molecule has 2 aromatic carbocycles. The lowest BCUT2D eigenvalue weighted by atomic mass is 9.99. The fourth-order valence-electron chi connectivity index (χ4n) is 4.66. The Morgan fingerprint density at radius 1 is 1.00 bits per heavy atom. The Morgan fingerprint density at radius 3 is 2.29 bits per heavy atom. The molecule has 2 aliphatic rings. The molecule has 0 spiro atoms. The predicted octanol–water partition coefficient (Wildman–Crippen LogP) is 3.54. The fourth-order valence-corrected chi connectivity index (χ4v) is 4.66. The minimum absolute atomic E-state index is 0.0219. The zero-order valence-electron chi connectivity index (χ0n) is 15.6. The third kappa shape index (κ3) is 4.13. The quantitative estimate of drug-likeness (QED) is 0.794. The van der Waals surface area contributed by atoms with Gasteiger partial charge in [0.05, 0.1) is 12.7 Å². The maximum absolute atomic E-state index is 13.4. The summed E-state index contributed by atoms with van der Waals surface area (Å²) >= 11 is 0. The molecule has 4 atom stereocenters. The lowest BCUT2D eigenvalue weighted by Gasteiger charge is -2.24. The van der Waals surface area contributed by atoms with Gasteiger partial charge in [0.15, 0.2) is 11.6 Å². The zero-order chi connectivity index (χ0) is 19.7. The summed E-state index contributed by atoms with van der Waals surface area (Å²) in [6.45, 7) is 2.76. The zero-order valence-corrected chi connectivity index (χ0v) is 15.6. The van der Waals surface area contributed by atoms with Gasteiger partial charge in [-0.2, -0.15) is 0 Å². The number of hydrogen-bond acceptors (Lipinski definition) is 4. The molecule has 4 rings (SSSR count). The highest BCUT2D eigenvalue weighted by Crippen LogP contribution is 2.40. The number of fused-ring (bicyclic) bond motifs is 1. The van der Waals surface area contributed by atoms with Crippen molar-refractivity contribution in [2.75, 3.05) is 26.2 Å². The van der Waals surface area contributed by atoms with E-state index in [4.69, 9.17) is 4.74 Å². The lowest BCUT2D eigenvalue weighted by Crippen LogP contribution is -2.30. The van der Waals surface area contributed by atoms with Crippen molar-refractivity contribution in [2.45, 2.75) is 24.9 Å². The number of aromatic hydroxyl groups is 1. The first-order valence-electron chi connectivity index (χ1n) is 9.75. The number of benzene rings is 2. The molecular weight excluding hydrogens is 364 g/mol. The molecule has 1 aliphatic heterocycles. The molecule has 1 aliphatic carbocycles. The third-order valence-electron chi connectivity index (χ3n) is 6.04. The van der Waals surface area contributed by atoms with Gasteiger partial charge in [0.1, 0.15) is 11.5 Å². The van der Waals surface area contributed by atoms with E-state index in [1.807, 2.05) is 12.1 Å². The van der Waals surface area contributed by atoms with Crippen LogP contribution in [0.15, 0.2) is 42.5 Å². The highest BCUT2D eigenvalue weighted by Gasteiger charge is 2.42. The highest BCUT2D eigenvalue weighted by atomic mass is 19.2.